The van der Waals surface area contributed by atoms with Crippen LogP contribution in [0.2, 0.25) is 0 Å². The fourth-order valence-electron chi connectivity index (χ4n) is 4.41. The molecule has 29 heavy (non-hydrogen) atoms. The van der Waals surface area contributed by atoms with Crippen LogP contribution in [0.3, 0.4) is 0 Å². The number of halogens is 1. The Morgan fingerprint density at radius 1 is 1.03 bits per heavy atom. The molecule has 5 heteroatoms. The minimum absolute atomic E-state index is 0.0679. The van der Waals surface area contributed by atoms with Crippen LogP contribution >= 0.6 is 0 Å². The maximum absolute atomic E-state index is 12.7. The molecule has 2 fully saturated rings. The monoisotopic (exact) mass is 395 g/mol. The lowest BCUT2D eigenvalue weighted by molar-refractivity contribution is 0.230. The first kappa shape index (κ1) is 19.9. The zero-order chi connectivity index (χ0) is 20.5. The first-order chi connectivity index (χ1) is 13.9. The van der Waals surface area contributed by atoms with Gasteiger partial charge >= 0.3 is 6.03 Å². The van der Waals surface area contributed by atoms with Gasteiger partial charge in [-0.2, -0.15) is 0 Å². The van der Waals surface area contributed by atoms with E-state index in [1.54, 1.807) is 31.1 Å². The Hall–Kier alpha value is -2.40. The Morgan fingerprint density at radius 3 is 2.34 bits per heavy atom. The number of nitrogens with zero attached hydrogens (tertiary/aromatic N) is 2. The van der Waals surface area contributed by atoms with E-state index in [-0.39, 0.29) is 11.8 Å². The second-order valence-electron chi connectivity index (χ2n) is 8.75. The fraction of sp³-hybridized carbons (Fsp3) is 0.458. The summed E-state index contributed by atoms with van der Waals surface area (Å²) in [6.45, 7) is 2.31. The van der Waals surface area contributed by atoms with Gasteiger partial charge in [-0.15, -0.1) is 0 Å². The lowest BCUT2D eigenvalue weighted by atomic mass is 9.88. The van der Waals surface area contributed by atoms with Gasteiger partial charge < -0.3 is 15.1 Å². The molecule has 4 nitrogen and oxygen atoms in total. The molecule has 1 saturated heterocycles. The normalized spacial score (nSPS) is 22.3. The predicted molar refractivity (Wildman–Crippen MR) is 115 cm³/mol. The zero-order valence-electron chi connectivity index (χ0n) is 17.5. The Kier molecular flexibility index (Phi) is 5.59. The number of hydrogen-bond donors (Lipinski definition) is 1. The molecular formula is C24H30FN3O. The summed E-state index contributed by atoms with van der Waals surface area (Å²) in [5.74, 6) is 2.14. The molecule has 1 saturated carbocycles. The van der Waals surface area contributed by atoms with Crippen LogP contribution in [0.5, 0.6) is 0 Å². The van der Waals surface area contributed by atoms with Gasteiger partial charge in [0.1, 0.15) is 5.82 Å². The third kappa shape index (κ3) is 4.45. The molecule has 5 rings (SSSR count). The van der Waals surface area contributed by atoms with Gasteiger partial charge in [-0.05, 0) is 98.1 Å². The lowest BCUT2D eigenvalue weighted by Crippen LogP contribution is -2.29. The highest BCUT2D eigenvalue weighted by Gasteiger charge is 2.50. The topological polar surface area (TPSA) is 35.6 Å². The average Bonchev–Trinajstić information content (AvgIpc) is 3.43. The molecule has 0 bridgehead atoms. The smallest absolute Gasteiger partial charge is 0.321 e. The predicted octanol–water partition coefficient (Wildman–Crippen LogP) is 5.00. The largest absolute Gasteiger partial charge is 0.331 e. The zero-order valence-corrected chi connectivity index (χ0v) is 17.5. The van der Waals surface area contributed by atoms with E-state index in [9.17, 15) is 9.18 Å². The van der Waals surface area contributed by atoms with E-state index in [0.717, 1.165) is 30.6 Å². The molecule has 0 radical (unpaired) electrons. The molecule has 3 aliphatic rings. The van der Waals surface area contributed by atoms with Crippen molar-refractivity contribution in [1.82, 2.24) is 9.80 Å². The van der Waals surface area contributed by atoms with Crippen molar-refractivity contribution in [3.63, 3.8) is 0 Å². The third-order valence-electron chi connectivity index (χ3n) is 6.39. The van der Waals surface area contributed by atoms with Crippen LogP contribution in [0.15, 0.2) is 42.5 Å². The Balaban J connectivity index is 0.000000142. The van der Waals surface area contributed by atoms with Crippen LogP contribution in [0.25, 0.3) is 0 Å². The highest BCUT2D eigenvalue weighted by molar-refractivity contribution is 5.89. The molecule has 2 unspecified atom stereocenters. The highest BCUT2D eigenvalue weighted by atomic mass is 19.1. The maximum atomic E-state index is 12.7. The van der Waals surface area contributed by atoms with E-state index in [4.69, 9.17) is 0 Å². The van der Waals surface area contributed by atoms with Crippen molar-refractivity contribution >= 4 is 11.7 Å². The quantitative estimate of drug-likeness (QED) is 0.777. The molecule has 2 atom stereocenters. The van der Waals surface area contributed by atoms with Gasteiger partial charge in [0.25, 0.3) is 0 Å². The number of nitrogens with one attached hydrogen (secondary N) is 1. The lowest BCUT2D eigenvalue weighted by Gasteiger charge is -2.29. The minimum Gasteiger partial charge on any atom is -0.331 e. The van der Waals surface area contributed by atoms with E-state index >= 15 is 0 Å². The molecule has 2 amide bonds. The molecule has 2 aliphatic carbocycles. The van der Waals surface area contributed by atoms with Crippen molar-refractivity contribution in [2.45, 2.75) is 37.0 Å². The molecule has 154 valence electrons. The number of hydrogen-bond acceptors (Lipinski definition) is 2. The van der Waals surface area contributed by atoms with Gasteiger partial charge in [-0.3, -0.25) is 0 Å². The standard InChI is InChI=1S/C12H16FN.C12H14N2O/c1-14-8-6-11(7-9-14)10-2-4-12(13)5-3-10;1-14(2)12(15)13-7-3-4-8-9(5-7)11-6-10(8)11/h2-5,11H,6-9H2,1H3;3-5,10-11H,6H2,1-2H3,(H,13,15). The summed E-state index contributed by atoms with van der Waals surface area (Å²) in [5.41, 5.74) is 5.14. The minimum atomic E-state index is -0.137. The molecule has 1 heterocycles. The van der Waals surface area contributed by atoms with Gasteiger partial charge in [-0.1, -0.05) is 18.2 Å². The van der Waals surface area contributed by atoms with E-state index in [1.807, 2.05) is 18.2 Å². The number of urea groups is 1. The number of piperidine rings is 1. The molecule has 0 aromatic heterocycles. The molecule has 1 N–H and O–H groups in total. The third-order valence-corrected chi connectivity index (χ3v) is 6.39. The summed E-state index contributed by atoms with van der Waals surface area (Å²) in [7, 11) is 5.64. The van der Waals surface area contributed by atoms with Crippen molar-refractivity contribution in [3.05, 3.63) is 65.0 Å². The van der Waals surface area contributed by atoms with Crippen LogP contribution in [0.4, 0.5) is 14.9 Å². The fourth-order valence-corrected chi connectivity index (χ4v) is 4.41. The number of rotatable bonds is 2. The summed E-state index contributed by atoms with van der Waals surface area (Å²) in [5, 5.41) is 2.87. The van der Waals surface area contributed by atoms with Gasteiger partial charge in [0.15, 0.2) is 0 Å². The van der Waals surface area contributed by atoms with Gasteiger partial charge in [-0.25, -0.2) is 9.18 Å². The summed E-state index contributed by atoms with van der Waals surface area (Å²) in [6.07, 6.45) is 3.71. The number of fused-ring (bicyclic) bond motifs is 4. The van der Waals surface area contributed by atoms with E-state index < -0.39 is 0 Å². The molecule has 0 spiro atoms. The average molecular weight is 396 g/mol. The number of amides is 2. The first-order valence-electron chi connectivity index (χ1n) is 10.5. The summed E-state index contributed by atoms with van der Waals surface area (Å²) < 4.78 is 12.7. The van der Waals surface area contributed by atoms with Gasteiger partial charge in [0, 0.05) is 19.8 Å². The summed E-state index contributed by atoms with van der Waals surface area (Å²) >= 11 is 0. The van der Waals surface area contributed by atoms with Crippen molar-refractivity contribution in [2.24, 2.45) is 0 Å². The van der Waals surface area contributed by atoms with Gasteiger partial charge in [0.2, 0.25) is 0 Å². The van der Waals surface area contributed by atoms with Crippen molar-refractivity contribution in [3.8, 4) is 0 Å². The Morgan fingerprint density at radius 2 is 1.69 bits per heavy atom. The number of carbonyl (C=O) groups excluding carboxylic acids is 1. The second kappa shape index (κ2) is 8.15. The Labute approximate surface area is 172 Å². The van der Waals surface area contributed by atoms with Crippen molar-refractivity contribution in [2.75, 3.05) is 39.5 Å². The molecule has 2 aromatic rings. The van der Waals surface area contributed by atoms with E-state index in [2.05, 4.69) is 29.4 Å². The highest BCUT2D eigenvalue weighted by Crippen LogP contribution is 2.66. The van der Waals surface area contributed by atoms with Crippen molar-refractivity contribution in [1.29, 1.82) is 0 Å². The first-order valence-corrected chi connectivity index (χ1v) is 10.5. The summed E-state index contributed by atoms with van der Waals surface area (Å²) in [6, 6.07) is 13.2. The van der Waals surface area contributed by atoms with Crippen LogP contribution in [0.1, 0.15) is 53.7 Å². The van der Waals surface area contributed by atoms with E-state index in [0.29, 0.717) is 5.92 Å². The summed E-state index contributed by atoms with van der Waals surface area (Å²) in [4.78, 5) is 15.3. The SMILES string of the molecule is CN(C)C(=O)Nc1ccc2c(c1)C1CC21.CN1CCC(c2ccc(F)cc2)CC1. The Bertz CT molecular complexity index is 872. The number of likely N-dealkylation sites (tertiary alicyclic amines) is 1. The van der Waals surface area contributed by atoms with E-state index in [1.165, 1.54) is 36.0 Å². The maximum Gasteiger partial charge on any atom is 0.321 e. The molecule has 2 aromatic carbocycles. The van der Waals surface area contributed by atoms with Crippen molar-refractivity contribution < 1.29 is 9.18 Å². The van der Waals surface area contributed by atoms with Gasteiger partial charge in [0.05, 0.1) is 0 Å². The molecular weight excluding hydrogens is 365 g/mol. The second-order valence-corrected chi connectivity index (χ2v) is 8.75. The van der Waals surface area contributed by atoms with Crippen LogP contribution in [-0.4, -0.2) is 50.1 Å². The molecule has 1 aliphatic heterocycles. The number of benzene rings is 2. The van der Waals surface area contributed by atoms with Crippen LogP contribution < -0.4 is 5.32 Å². The van der Waals surface area contributed by atoms with Crippen LogP contribution in [-0.2, 0) is 0 Å². The van der Waals surface area contributed by atoms with Crippen LogP contribution in [0, 0.1) is 5.82 Å². The number of anilines is 1. The number of carbonyl (C=O) groups is 1.